The Bertz CT molecular complexity index is 1360. The average molecular weight is 513 g/mol. The standard InChI is InChI=1S/C25H24N2O8S/c1-27(2)19-12-8-9-7-11-10(14-5-6-15(29)36-14)3-4-13(28)17(11)20(30)16(9)22(32)25(12,35)23(33)18(21(19)31)24(26)34/h3-6,9,12,16,18-19,28-29,35H,7-8H2,1-2H3,(H2,26,34)/t9-,12-,16?,18?,19-,25-/m0/s1. The maximum atomic E-state index is 13.8. The maximum Gasteiger partial charge on any atom is 0.235 e. The molecule has 2 unspecified atom stereocenters. The van der Waals surface area contributed by atoms with E-state index in [1.165, 1.54) is 31.1 Å². The number of Topliss-reactive ketones (excluding diaryl/α,β-unsaturated/α-hetero) is 4. The number of phenols is 1. The van der Waals surface area contributed by atoms with E-state index in [9.17, 15) is 39.3 Å². The molecule has 6 atom stereocenters. The minimum Gasteiger partial charge on any atom is -0.507 e. The molecule has 2 fully saturated rings. The number of carbonyl (C=O) groups is 5. The summed E-state index contributed by atoms with van der Waals surface area (Å²) in [6, 6.07) is 4.99. The van der Waals surface area contributed by atoms with Crippen LogP contribution in [0.25, 0.3) is 10.4 Å². The Kier molecular flexibility index (Phi) is 5.43. The number of phenolic OH excluding ortho intramolecular Hbond substituents is 1. The van der Waals surface area contributed by atoms with Gasteiger partial charge in [-0.05, 0) is 68.2 Å². The summed E-state index contributed by atoms with van der Waals surface area (Å²) in [5.74, 6) is -10.8. The Morgan fingerprint density at radius 3 is 2.36 bits per heavy atom. The number of thiophene rings is 1. The van der Waals surface area contributed by atoms with E-state index in [-0.39, 0.29) is 29.2 Å². The number of rotatable bonds is 3. The Balaban J connectivity index is 1.66. The van der Waals surface area contributed by atoms with Gasteiger partial charge in [0, 0.05) is 10.8 Å². The Morgan fingerprint density at radius 1 is 1.08 bits per heavy atom. The third-order valence-corrected chi connectivity index (χ3v) is 8.72. The number of benzene rings is 1. The predicted octanol–water partition coefficient (Wildman–Crippen LogP) is 0.301. The predicted molar refractivity (Wildman–Crippen MR) is 126 cm³/mol. The number of likely N-dealkylation sites (N-methyl/N-ethyl adjacent to an activating group) is 1. The minimum absolute atomic E-state index is 0.0192. The molecule has 0 bridgehead atoms. The van der Waals surface area contributed by atoms with Gasteiger partial charge in [0.05, 0.1) is 17.5 Å². The van der Waals surface area contributed by atoms with Gasteiger partial charge in [-0.3, -0.25) is 28.9 Å². The van der Waals surface area contributed by atoms with E-state index in [0.29, 0.717) is 16.0 Å². The number of hydrogen-bond donors (Lipinski definition) is 4. The van der Waals surface area contributed by atoms with Crippen LogP contribution < -0.4 is 5.73 Å². The third kappa shape index (κ3) is 3.12. The lowest BCUT2D eigenvalue weighted by Crippen LogP contribution is -2.74. The monoisotopic (exact) mass is 512 g/mol. The van der Waals surface area contributed by atoms with Crippen molar-refractivity contribution in [1.29, 1.82) is 0 Å². The van der Waals surface area contributed by atoms with Gasteiger partial charge in [-0.2, -0.15) is 0 Å². The molecular formula is C25H24N2O8S. The van der Waals surface area contributed by atoms with Crippen LogP contribution >= 0.6 is 11.3 Å². The number of amides is 1. The molecule has 1 aromatic heterocycles. The van der Waals surface area contributed by atoms with Gasteiger partial charge < -0.3 is 21.1 Å². The van der Waals surface area contributed by atoms with Crippen LogP contribution in [0.5, 0.6) is 10.8 Å². The SMILES string of the molecule is CN(C)[C@@H]1C(=O)C(C(N)=O)C(=O)[C@@]2(O)C(=O)C3C(=O)c4c(O)ccc(-c5ccc(O)s5)c4C[C@H]3C[C@@H]12. The molecule has 188 valence electrons. The Morgan fingerprint density at radius 2 is 1.78 bits per heavy atom. The molecule has 0 saturated heterocycles. The molecule has 2 saturated carbocycles. The van der Waals surface area contributed by atoms with Crippen LogP contribution in [-0.4, -0.2) is 75.0 Å². The summed E-state index contributed by atoms with van der Waals surface area (Å²) in [5, 5.41) is 32.0. The fraction of sp³-hybridized carbons (Fsp3) is 0.400. The number of aliphatic hydroxyl groups is 1. The zero-order valence-electron chi connectivity index (χ0n) is 19.4. The van der Waals surface area contributed by atoms with Gasteiger partial charge in [-0.25, -0.2) is 0 Å². The third-order valence-electron chi connectivity index (χ3n) is 7.80. The lowest BCUT2D eigenvalue weighted by atomic mass is 9.52. The molecule has 3 aliphatic carbocycles. The highest BCUT2D eigenvalue weighted by molar-refractivity contribution is 7.17. The van der Waals surface area contributed by atoms with Crippen LogP contribution in [0.15, 0.2) is 24.3 Å². The van der Waals surface area contributed by atoms with Crippen molar-refractivity contribution in [3.8, 4) is 21.3 Å². The Labute approximate surface area is 209 Å². The molecule has 5 rings (SSSR count). The van der Waals surface area contributed by atoms with Gasteiger partial charge in [0.1, 0.15) is 5.75 Å². The highest BCUT2D eigenvalue weighted by atomic mass is 32.1. The fourth-order valence-corrected chi connectivity index (χ4v) is 7.11. The first-order valence-electron chi connectivity index (χ1n) is 11.4. The van der Waals surface area contributed by atoms with Gasteiger partial charge in [0.2, 0.25) is 5.91 Å². The number of fused-ring (bicyclic) bond motifs is 3. The maximum absolute atomic E-state index is 13.8. The zero-order valence-corrected chi connectivity index (χ0v) is 20.2. The van der Waals surface area contributed by atoms with E-state index in [2.05, 4.69) is 0 Å². The molecule has 0 aliphatic heterocycles. The van der Waals surface area contributed by atoms with Crippen molar-refractivity contribution in [3.05, 3.63) is 35.4 Å². The Hall–Kier alpha value is -3.41. The number of ketones is 4. The summed E-state index contributed by atoms with van der Waals surface area (Å²) in [6.45, 7) is 0. The highest BCUT2D eigenvalue weighted by Gasteiger charge is 2.69. The van der Waals surface area contributed by atoms with Crippen molar-refractivity contribution in [2.24, 2.45) is 29.4 Å². The lowest BCUT2D eigenvalue weighted by Gasteiger charge is -2.52. The average Bonchev–Trinajstić information content (AvgIpc) is 3.22. The van der Waals surface area contributed by atoms with Crippen LogP contribution in [0.1, 0.15) is 22.3 Å². The molecule has 10 nitrogen and oxygen atoms in total. The molecule has 1 aromatic carbocycles. The molecule has 3 aliphatic rings. The first-order valence-corrected chi connectivity index (χ1v) is 12.2. The quantitative estimate of drug-likeness (QED) is 0.422. The normalized spacial score (nSPS) is 31.7. The molecule has 1 amide bonds. The van der Waals surface area contributed by atoms with Gasteiger partial charge in [-0.15, -0.1) is 0 Å². The summed E-state index contributed by atoms with van der Waals surface area (Å²) in [5.41, 5.74) is 3.60. The van der Waals surface area contributed by atoms with E-state index in [0.717, 1.165) is 11.3 Å². The molecular weight excluding hydrogens is 488 g/mol. The van der Waals surface area contributed by atoms with Gasteiger partial charge in [0.25, 0.3) is 0 Å². The second kappa shape index (κ2) is 8.05. The van der Waals surface area contributed by atoms with Crippen molar-refractivity contribution in [2.45, 2.75) is 24.5 Å². The first-order chi connectivity index (χ1) is 16.9. The minimum atomic E-state index is -2.75. The topological polar surface area (TPSA) is 175 Å². The highest BCUT2D eigenvalue weighted by Crippen LogP contribution is 2.52. The van der Waals surface area contributed by atoms with E-state index in [1.807, 2.05) is 0 Å². The molecule has 1 heterocycles. The molecule has 2 aromatic rings. The zero-order chi connectivity index (χ0) is 26.3. The summed E-state index contributed by atoms with van der Waals surface area (Å²) >= 11 is 1.09. The number of carbonyl (C=O) groups excluding carboxylic acids is 5. The van der Waals surface area contributed by atoms with Crippen LogP contribution in [0.3, 0.4) is 0 Å². The van der Waals surface area contributed by atoms with E-state index in [1.54, 1.807) is 12.1 Å². The number of hydrogen-bond acceptors (Lipinski definition) is 10. The molecule has 0 radical (unpaired) electrons. The molecule has 0 spiro atoms. The fourth-order valence-electron chi connectivity index (χ4n) is 6.31. The first kappa shape index (κ1) is 24.3. The van der Waals surface area contributed by atoms with Crippen LogP contribution in [0.4, 0.5) is 0 Å². The van der Waals surface area contributed by atoms with Crippen LogP contribution in [0, 0.1) is 23.7 Å². The van der Waals surface area contributed by atoms with E-state index < -0.39 is 64.4 Å². The second-order valence-electron chi connectivity index (χ2n) is 9.91. The lowest BCUT2D eigenvalue weighted by molar-refractivity contribution is -0.181. The second-order valence-corrected chi connectivity index (χ2v) is 11.0. The van der Waals surface area contributed by atoms with E-state index >= 15 is 0 Å². The summed E-state index contributed by atoms with van der Waals surface area (Å²) in [6.07, 6.45) is 0.142. The summed E-state index contributed by atoms with van der Waals surface area (Å²) in [4.78, 5) is 67.9. The van der Waals surface area contributed by atoms with Crippen LogP contribution in [0.2, 0.25) is 0 Å². The van der Waals surface area contributed by atoms with Gasteiger partial charge in [-0.1, -0.05) is 11.3 Å². The van der Waals surface area contributed by atoms with Gasteiger partial charge in [0.15, 0.2) is 39.7 Å². The molecule has 11 heteroatoms. The number of nitrogens with zero attached hydrogens (tertiary/aromatic N) is 1. The smallest absolute Gasteiger partial charge is 0.235 e. The van der Waals surface area contributed by atoms with Crippen molar-refractivity contribution in [2.75, 3.05) is 14.1 Å². The van der Waals surface area contributed by atoms with Crippen molar-refractivity contribution < 1.29 is 39.3 Å². The molecule has 5 N–H and O–H groups in total. The van der Waals surface area contributed by atoms with Crippen molar-refractivity contribution >= 4 is 40.4 Å². The largest absolute Gasteiger partial charge is 0.507 e. The van der Waals surface area contributed by atoms with Crippen LogP contribution in [-0.2, 0) is 25.6 Å². The summed E-state index contributed by atoms with van der Waals surface area (Å²) in [7, 11) is 3.07. The number of aromatic hydroxyl groups is 2. The molecule has 36 heavy (non-hydrogen) atoms. The van der Waals surface area contributed by atoms with E-state index in [4.69, 9.17) is 5.73 Å². The number of nitrogens with two attached hydrogens (primary N) is 1. The van der Waals surface area contributed by atoms with Gasteiger partial charge >= 0.3 is 0 Å². The summed E-state index contributed by atoms with van der Waals surface area (Å²) < 4.78 is 0. The number of primary amides is 1. The van der Waals surface area contributed by atoms with Crippen molar-refractivity contribution in [1.82, 2.24) is 4.90 Å². The van der Waals surface area contributed by atoms with Crippen molar-refractivity contribution in [3.63, 3.8) is 0 Å².